The molecule has 1 aliphatic heterocycles. The predicted octanol–water partition coefficient (Wildman–Crippen LogP) is 2.16. The molecule has 0 spiro atoms. The Morgan fingerprint density at radius 1 is 1.33 bits per heavy atom. The van der Waals surface area contributed by atoms with Crippen molar-refractivity contribution in [2.75, 3.05) is 26.2 Å². The SMILES string of the molecule is N#CCOc1cccc(CNCC2CCN(C3CC3)C2)c1. The molecule has 1 saturated carbocycles. The highest BCUT2D eigenvalue weighted by molar-refractivity contribution is 5.28. The predicted molar refractivity (Wildman–Crippen MR) is 82.0 cm³/mol. The molecule has 4 nitrogen and oxygen atoms in total. The molecule has 4 heteroatoms. The number of hydrogen-bond acceptors (Lipinski definition) is 4. The Morgan fingerprint density at radius 2 is 2.24 bits per heavy atom. The Labute approximate surface area is 126 Å². The van der Waals surface area contributed by atoms with Crippen molar-refractivity contribution < 1.29 is 4.74 Å². The Morgan fingerprint density at radius 3 is 3.05 bits per heavy atom. The van der Waals surface area contributed by atoms with E-state index >= 15 is 0 Å². The van der Waals surface area contributed by atoms with E-state index in [1.165, 1.54) is 37.9 Å². The molecule has 0 aromatic heterocycles. The van der Waals surface area contributed by atoms with E-state index in [1.807, 2.05) is 24.3 Å². The Balaban J connectivity index is 1.40. The number of likely N-dealkylation sites (tertiary alicyclic amines) is 1. The van der Waals surface area contributed by atoms with Gasteiger partial charge >= 0.3 is 0 Å². The number of hydrogen-bond donors (Lipinski definition) is 1. The molecule has 1 unspecified atom stereocenters. The summed E-state index contributed by atoms with van der Waals surface area (Å²) in [5.74, 6) is 1.57. The highest BCUT2D eigenvalue weighted by Gasteiger charge is 2.33. The lowest BCUT2D eigenvalue weighted by molar-refractivity contribution is 0.312. The molecule has 112 valence electrons. The maximum Gasteiger partial charge on any atom is 0.174 e. The van der Waals surface area contributed by atoms with Crippen molar-refractivity contribution in [1.82, 2.24) is 10.2 Å². The van der Waals surface area contributed by atoms with Gasteiger partial charge in [0.05, 0.1) is 0 Å². The Bertz CT molecular complexity index is 507. The molecule has 0 bridgehead atoms. The number of nitrogens with zero attached hydrogens (tertiary/aromatic N) is 2. The molecule has 0 radical (unpaired) electrons. The summed E-state index contributed by atoms with van der Waals surface area (Å²) >= 11 is 0. The van der Waals surface area contributed by atoms with Crippen LogP contribution in [0.3, 0.4) is 0 Å². The van der Waals surface area contributed by atoms with Gasteiger partial charge in [0.2, 0.25) is 0 Å². The molecule has 3 rings (SSSR count). The summed E-state index contributed by atoms with van der Waals surface area (Å²) in [5, 5.41) is 12.1. The molecular weight excluding hydrogens is 262 g/mol. The molecular formula is C17H23N3O. The first-order valence-electron chi connectivity index (χ1n) is 7.88. The van der Waals surface area contributed by atoms with E-state index in [1.54, 1.807) is 0 Å². The lowest BCUT2D eigenvalue weighted by Crippen LogP contribution is -2.27. The van der Waals surface area contributed by atoms with Crippen LogP contribution in [0, 0.1) is 17.2 Å². The smallest absolute Gasteiger partial charge is 0.174 e. The van der Waals surface area contributed by atoms with Crippen molar-refractivity contribution in [3.8, 4) is 11.8 Å². The van der Waals surface area contributed by atoms with E-state index in [9.17, 15) is 0 Å². The van der Waals surface area contributed by atoms with Crippen molar-refractivity contribution in [3.63, 3.8) is 0 Å². The van der Waals surface area contributed by atoms with Gasteiger partial charge in [-0.25, -0.2) is 0 Å². The molecule has 1 aromatic carbocycles. The zero-order chi connectivity index (χ0) is 14.5. The first-order chi connectivity index (χ1) is 10.3. The first kappa shape index (κ1) is 14.4. The standard InChI is InChI=1S/C17H23N3O/c18-7-9-21-17-3-1-2-14(10-17)11-19-12-15-6-8-20(13-15)16-4-5-16/h1-3,10,15-16,19H,4-6,8-9,11-13H2. The molecule has 1 aromatic rings. The summed E-state index contributed by atoms with van der Waals surface area (Å²) in [4.78, 5) is 2.66. The fraction of sp³-hybridized carbons (Fsp3) is 0.588. The van der Waals surface area contributed by atoms with Crippen LogP contribution in [-0.2, 0) is 6.54 Å². The largest absolute Gasteiger partial charge is 0.479 e. The van der Waals surface area contributed by atoms with Gasteiger partial charge in [-0.1, -0.05) is 12.1 Å². The fourth-order valence-corrected chi connectivity index (χ4v) is 3.08. The number of rotatable bonds is 7. The number of nitrogens with one attached hydrogen (secondary N) is 1. The Kier molecular flexibility index (Phi) is 4.74. The van der Waals surface area contributed by atoms with Gasteiger partial charge < -0.3 is 15.0 Å². The summed E-state index contributed by atoms with van der Waals surface area (Å²) in [6.07, 6.45) is 4.15. The van der Waals surface area contributed by atoms with Gasteiger partial charge in [-0.3, -0.25) is 0 Å². The van der Waals surface area contributed by atoms with Crippen molar-refractivity contribution in [1.29, 1.82) is 5.26 Å². The van der Waals surface area contributed by atoms with Crippen molar-refractivity contribution in [2.45, 2.75) is 31.8 Å². The molecule has 1 heterocycles. The van der Waals surface area contributed by atoms with Crippen LogP contribution in [0.25, 0.3) is 0 Å². The third-order valence-electron chi connectivity index (χ3n) is 4.34. The van der Waals surface area contributed by atoms with Crippen molar-refractivity contribution in [2.24, 2.45) is 5.92 Å². The zero-order valence-electron chi connectivity index (χ0n) is 12.4. The second kappa shape index (κ2) is 6.93. The van der Waals surface area contributed by atoms with Crippen LogP contribution < -0.4 is 10.1 Å². The van der Waals surface area contributed by atoms with Crippen molar-refractivity contribution in [3.05, 3.63) is 29.8 Å². The molecule has 1 N–H and O–H groups in total. The van der Waals surface area contributed by atoms with Crippen LogP contribution in [0.5, 0.6) is 5.75 Å². The van der Waals surface area contributed by atoms with Crippen LogP contribution >= 0.6 is 0 Å². The van der Waals surface area contributed by atoms with Gasteiger partial charge in [-0.15, -0.1) is 0 Å². The van der Waals surface area contributed by atoms with Gasteiger partial charge in [-0.2, -0.15) is 5.26 Å². The van der Waals surface area contributed by atoms with E-state index in [-0.39, 0.29) is 6.61 Å². The summed E-state index contributed by atoms with van der Waals surface area (Å²) in [5.41, 5.74) is 1.21. The van der Waals surface area contributed by atoms with E-state index in [4.69, 9.17) is 10.00 Å². The minimum absolute atomic E-state index is 0.107. The van der Waals surface area contributed by atoms with Gasteiger partial charge in [-0.05, 0) is 56.0 Å². The molecule has 1 saturated heterocycles. The maximum absolute atomic E-state index is 8.53. The fourth-order valence-electron chi connectivity index (χ4n) is 3.08. The maximum atomic E-state index is 8.53. The summed E-state index contributed by atoms with van der Waals surface area (Å²) in [7, 11) is 0. The highest BCUT2D eigenvalue weighted by Crippen LogP contribution is 2.31. The average molecular weight is 285 g/mol. The quantitative estimate of drug-likeness (QED) is 0.834. The minimum atomic E-state index is 0.107. The van der Waals surface area contributed by atoms with E-state index < -0.39 is 0 Å². The normalized spacial score (nSPS) is 22.1. The van der Waals surface area contributed by atoms with Gasteiger partial charge in [0.1, 0.15) is 11.8 Å². The van der Waals surface area contributed by atoms with E-state index in [0.717, 1.165) is 30.8 Å². The second-order valence-electron chi connectivity index (χ2n) is 6.11. The summed E-state index contributed by atoms with van der Waals surface area (Å²) < 4.78 is 5.33. The molecule has 2 aliphatic rings. The lowest BCUT2D eigenvalue weighted by atomic mass is 10.1. The van der Waals surface area contributed by atoms with Gasteiger partial charge in [0.15, 0.2) is 6.61 Å². The van der Waals surface area contributed by atoms with Gasteiger partial charge in [0, 0.05) is 19.1 Å². The minimum Gasteiger partial charge on any atom is -0.479 e. The van der Waals surface area contributed by atoms with Crippen LogP contribution in [0.2, 0.25) is 0 Å². The van der Waals surface area contributed by atoms with E-state index in [2.05, 4.69) is 16.3 Å². The highest BCUT2D eigenvalue weighted by atomic mass is 16.5. The Hall–Kier alpha value is -1.57. The topological polar surface area (TPSA) is 48.3 Å². The molecule has 2 fully saturated rings. The lowest BCUT2D eigenvalue weighted by Gasteiger charge is -2.15. The van der Waals surface area contributed by atoms with Crippen LogP contribution in [0.15, 0.2) is 24.3 Å². The van der Waals surface area contributed by atoms with E-state index in [0.29, 0.717) is 0 Å². The van der Waals surface area contributed by atoms with Crippen LogP contribution in [0.1, 0.15) is 24.8 Å². The monoisotopic (exact) mass is 285 g/mol. The molecule has 1 aliphatic carbocycles. The van der Waals surface area contributed by atoms with Crippen LogP contribution in [-0.4, -0.2) is 37.2 Å². The molecule has 0 amide bonds. The summed E-state index contributed by atoms with van der Waals surface area (Å²) in [6.45, 7) is 4.61. The molecule has 1 atom stereocenters. The third kappa shape index (κ3) is 4.20. The number of ether oxygens (including phenoxy) is 1. The molecule has 21 heavy (non-hydrogen) atoms. The average Bonchev–Trinajstić information content (AvgIpc) is 3.25. The van der Waals surface area contributed by atoms with Crippen molar-refractivity contribution >= 4 is 0 Å². The first-order valence-corrected chi connectivity index (χ1v) is 7.88. The zero-order valence-corrected chi connectivity index (χ0v) is 12.4. The summed E-state index contributed by atoms with van der Waals surface area (Å²) in [6, 6.07) is 10.9. The second-order valence-corrected chi connectivity index (χ2v) is 6.11. The number of nitriles is 1. The van der Waals surface area contributed by atoms with Crippen LogP contribution in [0.4, 0.5) is 0 Å². The number of benzene rings is 1. The third-order valence-corrected chi connectivity index (χ3v) is 4.34. The van der Waals surface area contributed by atoms with Gasteiger partial charge in [0.25, 0.3) is 0 Å².